The Balaban J connectivity index is 0.000000271. The summed E-state index contributed by atoms with van der Waals surface area (Å²) in [5, 5.41) is 19.8. The number of nitrogens with zero attached hydrogens (tertiary/aromatic N) is 4. The standard InChI is InChI=1S/C32H41N3O6.C13H15NO4/c1-22-6-8-25-26(18-22)34(30(36)20-28(25)38-5)15-14-33-12-10-24(11-13-33)35(31(37)41-32(2,3)4)21-23-7-9-27-29(19-23)40-17-16-39-27;1-8-3-4-9-10(5-8)14(7-13(16)17)12(15)6-11(9)18-2/h6-9,18-20,24H,10-17,21H2,1-5H3;3-6,13,16-17H,7H2,1-2H3. The van der Waals surface area contributed by atoms with Crippen molar-refractivity contribution < 1.29 is 38.7 Å². The molecule has 2 N–H and O–H groups in total. The van der Waals surface area contributed by atoms with Gasteiger partial charge in [-0.25, -0.2) is 4.79 Å². The molecule has 316 valence electrons. The first kappa shape index (κ1) is 43.0. The van der Waals surface area contributed by atoms with Crippen LogP contribution in [0, 0.1) is 13.8 Å². The zero-order chi connectivity index (χ0) is 42.4. The Morgan fingerprint density at radius 1 is 0.780 bits per heavy atom. The number of aliphatic hydroxyl groups is 2. The van der Waals surface area contributed by atoms with E-state index in [1.165, 1.54) is 17.7 Å². The Kier molecular flexibility index (Phi) is 13.5. The number of aromatic nitrogens is 2. The summed E-state index contributed by atoms with van der Waals surface area (Å²) in [5.74, 6) is 2.53. The summed E-state index contributed by atoms with van der Waals surface area (Å²) in [6, 6.07) is 20.5. The van der Waals surface area contributed by atoms with Crippen LogP contribution in [0.15, 0.2) is 76.3 Å². The van der Waals surface area contributed by atoms with E-state index in [1.54, 1.807) is 13.2 Å². The number of amides is 1. The van der Waals surface area contributed by atoms with E-state index in [0.717, 1.165) is 71.2 Å². The van der Waals surface area contributed by atoms with Crippen LogP contribution < -0.4 is 30.1 Å². The molecule has 1 amide bonds. The van der Waals surface area contributed by atoms with Gasteiger partial charge in [-0.2, -0.15) is 0 Å². The third-order valence-electron chi connectivity index (χ3n) is 10.5. The molecule has 0 aliphatic carbocycles. The lowest BCUT2D eigenvalue weighted by atomic mass is 10.0. The maximum Gasteiger partial charge on any atom is 0.410 e. The second-order valence-corrected chi connectivity index (χ2v) is 16.0. The maximum atomic E-state index is 13.4. The number of ether oxygens (including phenoxy) is 5. The number of piperidine rings is 1. The summed E-state index contributed by atoms with van der Waals surface area (Å²) >= 11 is 0. The van der Waals surface area contributed by atoms with Gasteiger partial charge in [0.25, 0.3) is 11.1 Å². The molecule has 1 saturated heterocycles. The summed E-state index contributed by atoms with van der Waals surface area (Å²) in [6.45, 7) is 13.9. The molecule has 0 spiro atoms. The van der Waals surface area contributed by atoms with Crippen LogP contribution in [0.2, 0.25) is 0 Å². The molecule has 0 atom stereocenters. The smallest absolute Gasteiger partial charge is 0.410 e. The lowest BCUT2D eigenvalue weighted by Crippen LogP contribution is -2.49. The van der Waals surface area contributed by atoms with Crippen LogP contribution in [0.4, 0.5) is 4.79 Å². The predicted molar refractivity (Wildman–Crippen MR) is 226 cm³/mol. The Hall–Kier alpha value is -5.57. The van der Waals surface area contributed by atoms with Crippen molar-refractivity contribution in [2.75, 3.05) is 47.1 Å². The highest BCUT2D eigenvalue weighted by Crippen LogP contribution is 2.32. The second-order valence-electron chi connectivity index (χ2n) is 16.0. The van der Waals surface area contributed by atoms with Gasteiger partial charge in [-0.15, -0.1) is 0 Å². The quantitative estimate of drug-likeness (QED) is 0.169. The average molecular weight is 813 g/mol. The van der Waals surface area contributed by atoms with Crippen molar-refractivity contribution in [3.05, 3.63) is 104 Å². The number of pyridine rings is 2. The van der Waals surface area contributed by atoms with Gasteiger partial charge in [-0.1, -0.05) is 18.2 Å². The van der Waals surface area contributed by atoms with Crippen molar-refractivity contribution in [3.8, 4) is 23.0 Å². The van der Waals surface area contributed by atoms with Crippen molar-refractivity contribution in [2.24, 2.45) is 0 Å². The molecule has 0 radical (unpaired) electrons. The van der Waals surface area contributed by atoms with Crippen molar-refractivity contribution in [3.63, 3.8) is 0 Å². The summed E-state index contributed by atoms with van der Waals surface area (Å²) in [4.78, 5) is 42.5. The SMILES string of the molecule is COc1cc(=O)n(CC(O)O)c2cc(C)ccc12.COc1cc(=O)n(CCN2CCC(N(Cc3ccc4c(c3)OCCO4)C(=O)OC(C)(C)C)CC2)c2cc(C)ccc12. The molecule has 0 bridgehead atoms. The van der Waals surface area contributed by atoms with E-state index in [2.05, 4.69) is 4.90 Å². The molecule has 4 heterocycles. The van der Waals surface area contributed by atoms with E-state index < -0.39 is 11.9 Å². The highest BCUT2D eigenvalue weighted by atomic mass is 16.6. The molecule has 7 rings (SSSR count). The zero-order valence-corrected chi connectivity index (χ0v) is 35.0. The fourth-order valence-electron chi connectivity index (χ4n) is 7.58. The number of methoxy groups -OCH3 is 2. The minimum absolute atomic E-state index is 0.0430. The van der Waals surface area contributed by atoms with E-state index in [9.17, 15) is 14.4 Å². The summed E-state index contributed by atoms with van der Waals surface area (Å²) < 4.78 is 31.1. The fourth-order valence-corrected chi connectivity index (χ4v) is 7.58. The Morgan fingerprint density at radius 2 is 1.34 bits per heavy atom. The predicted octanol–water partition coefficient (Wildman–Crippen LogP) is 5.62. The molecule has 1 fully saturated rings. The summed E-state index contributed by atoms with van der Waals surface area (Å²) in [7, 11) is 3.09. The first-order valence-electron chi connectivity index (χ1n) is 20.0. The molecule has 3 aromatic carbocycles. The number of carbonyl (C=O) groups is 1. The minimum atomic E-state index is -1.57. The van der Waals surface area contributed by atoms with Gasteiger partial charge in [0.2, 0.25) is 0 Å². The molecule has 59 heavy (non-hydrogen) atoms. The molecule has 14 nitrogen and oxygen atoms in total. The molecule has 0 saturated carbocycles. The van der Waals surface area contributed by atoms with Gasteiger partial charge in [-0.3, -0.25) is 9.59 Å². The van der Waals surface area contributed by atoms with Gasteiger partial charge in [0, 0.05) is 61.7 Å². The molecular formula is C45H56N4O10. The summed E-state index contributed by atoms with van der Waals surface area (Å²) in [5.41, 5.74) is 3.60. The van der Waals surface area contributed by atoms with Gasteiger partial charge < -0.3 is 52.8 Å². The number of likely N-dealkylation sites (tertiary alicyclic amines) is 1. The van der Waals surface area contributed by atoms with Crippen LogP contribution in [0.1, 0.15) is 50.3 Å². The van der Waals surface area contributed by atoms with Crippen molar-refractivity contribution in [1.29, 1.82) is 0 Å². The summed E-state index contributed by atoms with van der Waals surface area (Å²) in [6.07, 6.45) is -0.236. The van der Waals surface area contributed by atoms with Crippen LogP contribution in [0.5, 0.6) is 23.0 Å². The van der Waals surface area contributed by atoms with E-state index in [1.807, 2.05) is 98.7 Å². The van der Waals surface area contributed by atoms with Gasteiger partial charge in [0.05, 0.1) is 31.8 Å². The lowest BCUT2D eigenvalue weighted by Gasteiger charge is -2.39. The highest BCUT2D eigenvalue weighted by Gasteiger charge is 2.32. The molecular weight excluding hydrogens is 757 g/mol. The van der Waals surface area contributed by atoms with E-state index >= 15 is 0 Å². The number of fused-ring (bicyclic) bond motifs is 3. The monoisotopic (exact) mass is 812 g/mol. The van der Waals surface area contributed by atoms with Crippen LogP contribution in [0.3, 0.4) is 0 Å². The number of benzene rings is 3. The zero-order valence-electron chi connectivity index (χ0n) is 35.0. The van der Waals surface area contributed by atoms with Gasteiger partial charge in [0.1, 0.15) is 30.3 Å². The van der Waals surface area contributed by atoms with Crippen LogP contribution in [-0.2, 0) is 24.4 Å². The van der Waals surface area contributed by atoms with Crippen LogP contribution in [0.25, 0.3) is 21.8 Å². The number of hydrogen-bond acceptors (Lipinski definition) is 11. The molecule has 2 aromatic heterocycles. The highest BCUT2D eigenvalue weighted by molar-refractivity contribution is 5.86. The maximum absolute atomic E-state index is 13.4. The minimum Gasteiger partial charge on any atom is -0.496 e. The van der Waals surface area contributed by atoms with Crippen molar-refractivity contribution >= 4 is 27.9 Å². The number of rotatable bonds is 10. The Labute approximate surface area is 344 Å². The first-order valence-corrected chi connectivity index (χ1v) is 20.0. The van der Waals surface area contributed by atoms with E-state index in [4.69, 9.17) is 33.9 Å². The van der Waals surface area contributed by atoms with Gasteiger partial charge in [0.15, 0.2) is 17.8 Å². The number of aryl methyl sites for hydroxylation is 2. The Bertz CT molecular complexity index is 2390. The van der Waals surface area contributed by atoms with Crippen LogP contribution in [-0.4, -0.2) is 100 Å². The molecule has 0 unspecified atom stereocenters. The van der Waals surface area contributed by atoms with Gasteiger partial charge in [-0.05, 0) is 101 Å². The number of aliphatic hydroxyl groups excluding tert-OH is 1. The lowest BCUT2D eigenvalue weighted by molar-refractivity contribution is -0.0511. The van der Waals surface area contributed by atoms with Crippen molar-refractivity contribution in [1.82, 2.24) is 18.9 Å². The molecule has 5 aromatic rings. The largest absolute Gasteiger partial charge is 0.496 e. The number of hydrogen-bond donors (Lipinski definition) is 2. The van der Waals surface area contributed by atoms with E-state index in [-0.39, 0.29) is 29.8 Å². The second kappa shape index (κ2) is 18.6. The third kappa shape index (κ3) is 10.5. The fraction of sp³-hybridized carbons (Fsp3) is 0.444. The molecule has 2 aliphatic rings. The first-order chi connectivity index (χ1) is 28.1. The van der Waals surface area contributed by atoms with Gasteiger partial charge >= 0.3 is 6.09 Å². The van der Waals surface area contributed by atoms with Crippen LogP contribution >= 0.6 is 0 Å². The molecule has 2 aliphatic heterocycles. The van der Waals surface area contributed by atoms with Crippen molar-refractivity contribution in [2.45, 2.75) is 85.0 Å². The third-order valence-corrected chi connectivity index (χ3v) is 10.5. The topological polar surface area (TPSA) is 154 Å². The Morgan fingerprint density at radius 3 is 1.90 bits per heavy atom. The normalized spacial score (nSPS) is 14.5. The number of carbonyl (C=O) groups excluding carboxylic acids is 1. The van der Waals surface area contributed by atoms with E-state index in [0.29, 0.717) is 49.1 Å². The average Bonchev–Trinajstić information content (AvgIpc) is 3.20. The molecule has 14 heteroatoms.